The van der Waals surface area contributed by atoms with Crippen LogP contribution in [0.4, 0.5) is 4.39 Å². The maximum absolute atomic E-state index is 13.2. The Bertz CT molecular complexity index is 1080. The summed E-state index contributed by atoms with van der Waals surface area (Å²) >= 11 is 0. The van der Waals surface area contributed by atoms with E-state index in [4.69, 9.17) is 25.5 Å². The monoisotopic (exact) mass is 452 g/mol. The Labute approximate surface area is 192 Å². The lowest BCUT2D eigenvalue weighted by Gasteiger charge is -2.29. The van der Waals surface area contributed by atoms with Gasteiger partial charge in [0, 0.05) is 11.1 Å². The zero-order chi connectivity index (χ0) is 23.2. The van der Waals surface area contributed by atoms with Gasteiger partial charge in [-0.1, -0.05) is 24.3 Å². The second-order valence-corrected chi connectivity index (χ2v) is 8.27. The summed E-state index contributed by atoms with van der Waals surface area (Å²) in [4.78, 5) is 4.54. The van der Waals surface area contributed by atoms with Crippen LogP contribution in [-0.4, -0.2) is 23.0 Å². The average molecular weight is 453 g/mol. The van der Waals surface area contributed by atoms with Gasteiger partial charge in [-0.25, -0.2) is 9.37 Å². The van der Waals surface area contributed by atoms with Crippen LogP contribution >= 0.6 is 0 Å². The molecule has 2 aromatic carbocycles. The quantitative estimate of drug-likeness (QED) is 0.227. The lowest BCUT2D eigenvalue weighted by molar-refractivity contribution is -0.0562. The molecule has 1 heterocycles. The lowest BCUT2D eigenvalue weighted by atomic mass is 9.95. The standard InChI is InChI=1S/C25H29FN4O3/c1-16-23(29-25(33-16)19-9-11-20(26)12-10-19)15-32-22-4-2-3-21(13-22)31-14-17-5-7-18(8-6-17)24(27)30-28/h5-12,21-22H,2-4,13-15,28H2,1H3,(H2,27,30). The Morgan fingerprint density at radius 1 is 1.06 bits per heavy atom. The molecule has 3 aromatic rings. The van der Waals surface area contributed by atoms with Crippen LogP contribution in [0.15, 0.2) is 58.0 Å². The molecule has 1 aliphatic carbocycles. The zero-order valence-electron chi connectivity index (χ0n) is 18.7. The van der Waals surface area contributed by atoms with Crippen molar-refractivity contribution in [3.63, 3.8) is 0 Å². The molecule has 2 unspecified atom stereocenters. The number of aromatic nitrogens is 1. The molecule has 33 heavy (non-hydrogen) atoms. The number of amidine groups is 1. The maximum atomic E-state index is 13.2. The molecule has 0 radical (unpaired) electrons. The molecule has 8 heteroatoms. The molecule has 1 aromatic heterocycles. The van der Waals surface area contributed by atoms with E-state index in [1.165, 1.54) is 12.1 Å². The molecular weight excluding hydrogens is 423 g/mol. The molecule has 4 N–H and O–H groups in total. The van der Waals surface area contributed by atoms with Crippen LogP contribution in [0, 0.1) is 12.7 Å². The van der Waals surface area contributed by atoms with Gasteiger partial charge in [-0.3, -0.25) is 0 Å². The fourth-order valence-electron chi connectivity index (χ4n) is 3.94. The number of ether oxygens (including phenoxy) is 2. The van der Waals surface area contributed by atoms with Crippen LogP contribution in [0.5, 0.6) is 0 Å². The van der Waals surface area contributed by atoms with E-state index in [1.54, 1.807) is 12.1 Å². The van der Waals surface area contributed by atoms with Gasteiger partial charge in [0.05, 0.1) is 25.4 Å². The molecule has 0 saturated heterocycles. The summed E-state index contributed by atoms with van der Waals surface area (Å²) in [7, 11) is 0. The summed E-state index contributed by atoms with van der Waals surface area (Å²) < 4.78 is 31.2. The third-order valence-corrected chi connectivity index (χ3v) is 5.89. The highest BCUT2D eigenvalue weighted by molar-refractivity contribution is 5.97. The summed E-state index contributed by atoms with van der Waals surface area (Å²) in [5.74, 6) is 6.42. The van der Waals surface area contributed by atoms with Crippen molar-refractivity contribution in [2.45, 2.75) is 58.0 Å². The number of hydrogen-bond donors (Lipinski definition) is 2. The predicted octanol–water partition coefficient (Wildman–Crippen LogP) is 4.41. The minimum atomic E-state index is -0.289. The van der Waals surface area contributed by atoms with Crippen molar-refractivity contribution in [3.8, 4) is 11.5 Å². The molecule has 0 spiro atoms. The number of oxazole rings is 1. The first-order valence-corrected chi connectivity index (χ1v) is 11.1. The van der Waals surface area contributed by atoms with E-state index >= 15 is 0 Å². The summed E-state index contributed by atoms with van der Waals surface area (Å²) in [6, 6.07) is 13.8. The van der Waals surface area contributed by atoms with Crippen LogP contribution in [0.3, 0.4) is 0 Å². The maximum Gasteiger partial charge on any atom is 0.226 e. The zero-order valence-corrected chi connectivity index (χ0v) is 18.7. The fraction of sp³-hybridized carbons (Fsp3) is 0.360. The van der Waals surface area contributed by atoms with E-state index in [0.717, 1.165) is 48.1 Å². The van der Waals surface area contributed by atoms with Crippen molar-refractivity contribution >= 4 is 5.84 Å². The molecule has 1 saturated carbocycles. The minimum Gasteiger partial charge on any atom is -0.441 e. The second-order valence-electron chi connectivity index (χ2n) is 8.27. The highest BCUT2D eigenvalue weighted by atomic mass is 19.1. The molecule has 4 rings (SSSR count). The number of rotatable bonds is 8. The second kappa shape index (κ2) is 10.6. The van der Waals surface area contributed by atoms with Crippen LogP contribution in [0.2, 0.25) is 0 Å². The van der Waals surface area contributed by atoms with Gasteiger partial charge in [0.15, 0.2) is 0 Å². The van der Waals surface area contributed by atoms with Crippen LogP contribution in [0.25, 0.3) is 11.5 Å². The Hall–Kier alpha value is -3.23. The molecule has 0 aliphatic heterocycles. The van der Waals surface area contributed by atoms with Gasteiger partial charge in [-0.2, -0.15) is 5.10 Å². The van der Waals surface area contributed by atoms with Crippen molar-refractivity contribution in [3.05, 3.63) is 76.9 Å². The third kappa shape index (κ3) is 5.97. The average Bonchev–Trinajstić information content (AvgIpc) is 3.22. The van der Waals surface area contributed by atoms with Crippen molar-refractivity contribution in [2.24, 2.45) is 16.7 Å². The van der Waals surface area contributed by atoms with Gasteiger partial charge < -0.3 is 25.5 Å². The number of benzene rings is 2. The van der Waals surface area contributed by atoms with Gasteiger partial charge in [0.2, 0.25) is 5.89 Å². The molecule has 174 valence electrons. The molecule has 7 nitrogen and oxygen atoms in total. The molecule has 0 bridgehead atoms. The Morgan fingerprint density at radius 3 is 2.39 bits per heavy atom. The van der Waals surface area contributed by atoms with E-state index < -0.39 is 0 Å². The largest absolute Gasteiger partial charge is 0.441 e. The Kier molecular flexibility index (Phi) is 7.36. The molecule has 1 aliphatic rings. The Morgan fingerprint density at radius 2 is 1.73 bits per heavy atom. The summed E-state index contributed by atoms with van der Waals surface area (Å²) in [5, 5.41) is 3.51. The van der Waals surface area contributed by atoms with Crippen molar-refractivity contribution in [1.82, 2.24) is 4.98 Å². The Balaban J connectivity index is 1.27. The summed E-state index contributed by atoms with van der Waals surface area (Å²) in [6.07, 6.45) is 4.16. The fourth-order valence-corrected chi connectivity index (χ4v) is 3.94. The van der Waals surface area contributed by atoms with E-state index in [1.807, 2.05) is 31.2 Å². The highest BCUT2D eigenvalue weighted by Gasteiger charge is 2.24. The van der Waals surface area contributed by atoms with Crippen molar-refractivity contribution in [2.75, 3.05) is 0 Å². The number of aryl methyl sites for hydroxylation is 1. The molecule has 0 amide bonds. The first-order chi connectivity index (χ1) is 16.0. The van der Waals surface area contributed by atoms with Crippen molar-refractivity contribution in [1.29, 1.82) is 0 Å². The van der Waals surface area contributed by atoms with Crippen LogP contribution < -0.4 is 11.6 Å². The van der Waals surface area contributed by atoms with Crippen LogP contribution in [0.1, 0.15) is 48.3 Å². The van der Waals surface area contributed by atoms with Gasteiger partial charge in [-0.15, -0.1) is 0 Å². The SMILES string of the molecule is Cc1oc(-c2ccc(F)cc2)nc1COC1CCCC(OCc2ccc(C(N)=NN)cc2)C1. The normalized spacial score (nSPS) is 19.0. The van der Waals surface area contributed by atoms with E-state index in [0.29, 0.717) is 30.7 Å². The van der Waals surface area contributed by atoms with Gasteiger partial charge in [0.1, 0.15) is 23.1 Å². The summed E-state index contributed by atoms with van der Waals surface area (Å²) in [6.45, 7) is 2.77. The molecular formula is C25H29FN4O3. The third-order valence-electron chi connectivity index (χ3n) is 5.89. The lowest BCUT2D eigenvalue weighted by Crippen LogP contribution is -2.28. The minimum absolute atomic E-state index is 0.108. The van der Waals surface area contributed by atoms with E-state index in [-0.39, 0.29) is 18.0 Å². The number of halogens is 1. The van der Waals surface area contributed by atoms with Gasteiger partial charge in [-0.05, 0) is 62.4 Å². The number of nitrogens with zero attached hydrogens (tertiary/aromatic N) is 2. The number of hydrazone groups is 1. The van der Waals surface area contributed by atoms with E-state index in [2.05, 4.69) is 10.1 Å². The van der Waals surface area contributed by atoms with Crippen molar-refractivity contribution < 1.29 is 18.3 Å². The van der Waals surface area contributed by atoms with Crippen LogP contribution in [-0.2, 0) is 22.7 Å². The van der Waals surface area contributed by atoms with Gasteiger partial charge >= 0.3 is 0 Å². The number of nitrogens with two attached hydrogens (primary N) is 2. The number of hydrogen-bond acceptors (Lipinski definition) is 6. The predicted molar refractivity (Wildman–Crippen MR) is 124 cm³/mol. The highest BCUT2D eigenvalue weighted by Crippen LogP contribution is 2.27. The first kappa shape index (κ1) is 22.9. The topological polar surface area (TPSA) is 109 Å². The van der Waals surface area contributed by atoms with E-state index in [9.17, 15) is 4.39 Å². The molecule has 1 fully saturated rings. The molecule has 2 atom stereocenters. The smallest absolute Gasteiger partial charge is 0.226 e. The first-order valence-electron chi connectivity index (χ1n) is 11.1. The summed E-state index contributed by atoms with van der Waals surface area (Å²) in [5.41, 5.74) is 9.08. The van der Waals surface area contributed by atoms with Gasteiger partial charge in [0.25, 0.3) is 0 Å².